The standard InChI is InChI=1S/C25H18ClF3N4O5/c1-37-24(34)19(12-31-38-14-15-6-8-17(9-7-15)33(35)36)20-13-32(22-5-3-2-4-18(20)22)23-21(26)10-16(11-30-23)25(27,28)29/h2-13,19H,14H2,1H3/b31-12+. The maximum absolute atomic E-state index is 13.1. The molecule has 0 fully saturated rings. The smallest absolute Gasteiger partial charge is 0.417 e. The van der Waals surface area contributed by atoms with Gasteiger partial charge in [-0.15, -0.1) is 0 Å². The van der Waals surface area contributed by atoms with Gasteiger partial charge in [-0.25, -0.2) is 4.98 Å². The van der Waals surface area contributed by atoms with Crippen LogP contribution in [-0.2, 0) is 27.2 Å². The molecule has 0 aliphatic heterocycles. The lowest BCUT2D eigenvalue weighted by Crippen LogP contribution is -2.15. The molecule has 196 valence electrons. The topological polar surface area (TPSA) is 109 Å². The van der Waals surface area contributed by atoms with Crippen molar-refractivity contribution in [2.45, 2.75) is 18.7 Å². The number of aromatic nitrogens is 2. The summed E-state index contributed by atoms with van der Waals surface area (Å²) in [7, 11) is 1.20. The van der Waals surface area contributed by atoms with E-state index in [1.54, 1.807) is 24.3 Å². The second-order valence-electron chi connectivity index (χ2n) is 7.95. The minimum Gasteiger partial charge on any atom is -0.468 e. The van der Waals surface area contributed by atoms with Gasteiger partial charge in [-0.3, -0.25) is 19.5 Å². The number of rotatable bonds is 8. The van der Waals surface area contributed by atoms with E-state index in [1.165, 1.54) is 48.4 Å². The SMILES string of the molecule is COC(=O)C(/C=N/OCc1ccc([N+](=O)[O-])cc1)c1cn(-c2ncc(C(F)(F)F)cc2Cl)c2ccccc12. The molecule has 9 nitrogen and oxygen atoms in total. The Morgan fingerprint density at radius 2 is 1.95 bits per heavy atom. The highest BCUT2D eigenvalue weighted by atomic mass is 35.5. The lowest BCUT2D eigenvalue weighted by Gasteiger charge is -2.11. The summed E-state index contributed by atoms with van der Waals surface area (Å²) >= 11 is 6.18. The maximum atomic E-state index is 13.1. The number of carbonyl (C=O) groups excluding carboxylic acids is 1. The van der Waals surface area contributed by atoms with E-state index in [4.69, 9.17) is 21.2 Å². The average Bonchev–Trinajstić information content (AvgIpc) is 3.27. The normalized spacial score (nSPS) is 12.6. The number of hydrogen-bond donors (Lipinski definition) is 0. The van der Waals surface area contributed by atoms with Crippen LogP contribution in [0, 0.1) is 10.1 Å². The van der Waals surface area contributed by atoms with Gasteiger partial charge in [0.15, 0.2) is 5.82 Å². The molecule has 1 unspecified atom stereocenters. The lowest BCUT2D eigenvalue weighted by molar-refractivity contribution is -0.384. The van der Waals surface area contributed by atoms with Crippen molar-refractivity contribution in [1.82, 2.24) is 9.55 Å². The molecule has 4 aromatic rings. The molecule has 2 aromatic carbocycles. The third kappa shape index (κ3) is 5.59. The van der Waals surface area contributed by atoms with E-state index in [2.05, 4.69) is 10.1 Å². The van der Waals surface area contributed by atoms with E-state index in [9.17, 15) is 28.1 Å². The van der Waals surface area contributed by atoms with Gasteiger partial charge < -0.3 is 9.57 Å². The molecule has 0 N–H and O–H groups in total. The zero-order valence-electron chi connectivity index (χ0n) is 19.6. The number of carbonyl (C=O) groups is 1. The van der Waals surface area contributed by atoms with E-state index in [1.807, 2.05) is 0 Å². The second-order valence-corrected chi connectivity index (χ2v) is 8.36. The first-order valence-electron chi connectivity index (χ1n) is 10.9. The zero-order valence-corrected chi connectivity index (χ0v) is 20.3. The Hall–Kier alpha value is -4.45. The zero-order chi connectivity index (χ0) is 27.4. The van der Waals surface area contributed by atoms with Crippen molar-refractivity contribution in [3.05, 3.63) is 98.8 Å². The number of benzene rings is 2. The molecule has 2 heterocycles. The number of nitro benzene ring substituents is 1. The summed E-state index contributed by atoms with van der Waals surface area (Å²) in [5.74, 6) is -1.67. The quantitative estimate of drug-likeness (QED) is 0.115. The van der Waals surface area contributed by atoms with Crippen molar-refractivity contribution in [1.29, 1.82) is 0 Å². The molecule has 0 saturated carbocycles. The van der Waals surface area contributed by atoms with Crippen molar-refractivity contribution in [3.63, 3.8) is 0 Å². The number of fused-ring (bicyclic) bond motifs is 1. The van der Waals surface area contributed by atoms with Gasteiger partial charge in [-0.2, -0.15) is 13.2 Å². The first-order chi connectivity index (χ1) is 18.1. The van der Waals surface area contributed by atoms with Crippen LogP contribution in [0.1, 0.15) is 22.6 Å². The predicted molar refractivity (Wildman–Crippen MR) is 132 cm³/mol. The molecule has 0 saturated heterocycles. The summed E-state index contributed by atoms with van der Waals surface area (Å²) in [6.07, 6.45) is -1.18. The third-order valence-corrected chi connectivity index (χ3v) is 5.85. The van der Waals surface area contributed by atoms with Crippen LogP contribution < -0.4 is 0 Å². The minimum absolute atomic E-state index is 0.0186. The van der Waals surface area contributed by atoms with Gasteiger partial charge in [0.2, 0.25) is 0 Å². The molecule has 0 bridgehead atoms. The van der Waals surface area contributed by atoms with Crippen LogP contribution in [0.4, 0.5) is 18.9 Å². The van der Waals surface area contributed by atoms with E-state index in [0.29, 0.717) is 28.2 Å². The molecule has 38 heavy (non-hydrogen) atoms. The van der Waals surface area contributed by atoms with Crippen LogP contribution in [0.3, 0.4) is 0 Å². The Bertz CT molecular complexity index is 1520. The highest BCUT2D eigenvalue weighted by Crippen LogP contribution is 2.35. The van der Waals surface area contributed by atoms with Gasteiger partial charge in [0.1, 0.15) is 12.5 Å². The fourth-order valence-electron chi connectivity index (χ4n) is 3.72. The molecule has 0 radical (unpaired) electrons. The lowest BCUT2D eigenvalue weighted by atomic mass is 10.00. The van der Waals surface area contributed by atoms with Crippen LogP contribution in [0.25, 0.3) is 16.7 Å². The van der Waals surface area contributed by atoms with E-state index in [-0.39, 0.29) is 23.1 Å². The van der Waals surface area contributed by atoms with Crippen LogP contribution in [0.15, 0.2) is 72.1 Å². The van der Waals surface area contributed by atoms with Gasteiger partial charge in [0.25, 0.3) is 5.69 Å². The maximum Gasteiger partial charge on any atom is 0.417 e. The number of esters is 1. The highest BCUT2D eigenvalue weighted by Gasteiger charge is 2.32. The Morgan fingerprint density at radius 3 is 2.58 bits per heavy atom. The largest absolute Gasteiger partial charge is 0.468 e. The summed E-state index contributed by atoms with van der Waals surface area (Å²) < 4.78 is 45.7. The van der Waals surface area contributed by atoms with Crippen LogP contribution in [0.2, 0.25) is 5.02 Å². The van der Waals surface area contributed by atoms with Crippen molar-refractivity contribution >= 4 is 40.4 Å². The minimum atomic E-state index is -4.61. The van der Waals surface area contributed by atoms with Crippen molar-refractivity contribution < 1.29 is 32.5 Å². The fourth-order valence-corrected chi connectivity index (χ4v) is 3.97. The van der Waals surface area contributed by atoms with Gasteiger partial charge >= 0.3 is 12.1 Å². The number of non-ortho nitro benzene ring substituents is 1. The molecule has 4 rings (SSSR count). The fraction of sp³-hybridized carbons (Fsp3) is 0.160. The Labute approximate surface area is 218 Å². The molecule has 2 aromatic heterocycles. The second kappa shape index (κ2) is 10.9. The van der Waals surface area contributed by atoms with Crippen LogP contribution in [-0.4, -0.2) is 33.8 Å². The third-order valence-electron chi connectivity index (χ3n) is 5.57. The summed E-state index contributed by atoms with van der Waals surface area (Å²) in [5.41, 5.74) is 0.510. The molecule has 13 heteroatoms. The van der Waals surface area contributed by atoms with Crippen molar-refractivity contribution in [2.24, 2.45) is 5.16 Å². The molecular formula is C25H18ClF3N4O5. The molecule has 0 aliphatic rings. The van der Waals surface area contributed by atoms with Crippen LogP contribution >= 0.6 is 11.6 Å². The van der Waals surface area contributed by atoms with E-state index in [0.717, 1.165) is 6.07 Å². The average molecular weight is 547 g/mol. The van der Waals surface area contributed by atoms with Gasteiger partial charge in [-0.1, -0.05) is 35.0 Å². The number of pyridine rings is 1. The van der Waals surface area contributed by atoms with Gasteiger partial charge in [0.05, 0.1) is 34.4 Å². The Morgan fingerprint density at radius 1 is 1.24 bits per heavy atom. The molecule has 0 aliphatic carbocycles. The monoisotopic (exact) mass is 546 g/mol. The predicted octanol–water partition coefficient (Wildman–Crippen LogP) is 6.07. The number of nitrogens with zero attached hydrogens (tertiary/aromatic N) is 4. The summed E-state index contributed by atoms with van der Waals surface area (Å²) in [6.45, 7) is -0.0186. The first kappa shape index (κ1) is 26.6. The van der Waals surface area contributed by atoms with Crippen molar-refractivity contribution in [2.75, 3.05) is 7.11 Å². The number of halogens is 4. The van der Waals surface area contributed by atoms with Crippen molar-refractivity contribution in [3.8, 4) is 5.82 Å². The van der Waals surface area contributed by atoms with E-state index >= 15 is 0 Å². The van der Waals surface area contributed by atoms with Crippen LogP contribution in [0.5, 0.6) is 0 Å². The number of alkyl halides is 3. The number of hydrogen-bond acceptors (Lipinski definition) is 7. The number of oxime groups is 1. The first-order valence-corrected chi connectivity index (χ1v) is 11.3. The van der Waals surface area contributed by atoms with Gasteiger partial charge in [-0.05, 0) is 35.4 Å². The Kier molecular flexibility index (Phi) is 7.62. The highest BCUT2D eigenvalue weighted by molar-refractivity contribution is 6.32. The number of ether oxygens (including phenoxy) is 1. The number of para-hydroxylation sites is 1. The molecule has 0 amide bonds. The summed E-state index contributed by atoms with van der Waals surface area (Å²) in [4.78, 5) is 32.1. The number of nitro groups is 1. The number of methoxy groups -OCH3 is 1. The molecular weight excluding hydrogens is 529 g/mol. The van der Waals surface area contributed by atoms with Gasteiger partial charge in [0, 0.05) is 29.9 Å². The van der Waals surface area contributed by atoms with E-state index < -0.39 is 28.6 Å². The summed E-state index contributed by atoms with van der Waals surface area (Å²) in [6, 6.07) is 13.3. The summed E-state index contributed by atoms with van der Waals surface area (Å²) in [5, 5.41) is 15.0. The Balaban J connectivity index is 1.66. The molecule has 0 spiro atoms. The molecule has 1 atom stereocenters.